The number of primary amides is 1. The zero-order valence-electron chi connectivity index (χ0n) is 11.3. The molecule has 0 radical (unpaired) electrons. The molecule has 2 heteroatoms. The third-order valence-corrected chi connectivity index (χ3v) is 3.51. The van der Waals surface area contributed by atoms with Gasteiger partial charge in [0.1, 0.15) is 0 Å². The molecule has 96 valence electrons. The van der Waals surface area contributed by atoms with E-state index in [4.69, 9.17) is 5.73 Å². The lowest BCUT2D eigenvalue weighted by molar-refractivity contribution is -0.123. The molecule has 16 heavy (non-hydrogen) atoms. The smallest absolute Gasteiger partial charge is 0.220 e. The number of nitrogens with two attached hydrogens (primary N) is 1. The molecular formula is C14H29NO. The van der Waals surface area contributed by atoms with Crippen molar-refractivity contribution in [2.45, 2.75) is 72.1 Å². The highest BCUT2D eigenvalue weighted by molar-refractivity contribution is 5.76. The minimum atomic E-state index is -0.128. The van der Waals surface area contributed by atoms with E-state index in [0.29, 0.717) is 5.92 Å². The number of hydrogen-bond donors (Lipinski definition) is 1. The molecule has 0 aliphatic rings. The van der Waals surface area contributed by atoms with Crippen LogP contribution in [-0.4, -0.2) is 5.91 Å². The normalized spacial score (nSPS) is 14.7. The van der Waals surface area contributed by atoms with E-state index in [9.17, 15) is 4.79 Å². The predicted octanol–water partition coefficient (Wildman–Crippen LogP) is 3.88. The Kier molecular flexibility index (Phi) is 9.36. The van der Waals surface area contributed by atoms with Crippen molar-refractivity contribution in [2.24, 2.45) is 17.6 Å². The Bertz CT molecular complexity index is 180. The predicted molar refractivity (Wildman–Crippen MR) is 70.1 cm³/mol. The first-order valence-corrected chi connectivity index (χ1v) is 6.92. The first-order valence-electron chi connectivity index (χ1n) is 6.92. The van der Waals surface area contributed by atoms with Gasteiger partial charge < -0.3 is 5.73 Å². The van der Waals surface area contributed by atoms with Crippen LogP contribution in [0, 0.1) is 11.8 Å². The Hall–Kier alpha value is -0.530. The summed E-state index contributed by atoms with van der Waals surface area (Å²) in [5.74, 6) is 0.430. The molecule has 2 nitrogen and oxygen atoms in total. The maximum absolute atomic E-state index is 11.2. The lowest BCUT2D eigenvalue weighted by Gasteiger charge is -2.21. The number of unbranched alkanes of at least 4 members (excludes halogenated alkanes) is 4. The molecule has 1 amide bonds. The van der Waals surface area contributed by atoms with Crippen LogP contribution in [0.3, 0.4) is 0 Å². The number of carbonyl (C=O) groups is 1. The van der Waals surface area contributed by atoms with Crippen LogP contribution in [0.15, 0.2) is 0 Å². The fraction of sp³-hybridized carbons (Fsp3) is 0.929. The van der Waals surface area contributed by atoms with Gasteiger partial charge in [0.05, 0.1) is 0 Å². The zero-order valence-corrected chi connectivity index (χ0v) is 11.3. The maximum Gasteiger partial charge on any atom is 0.220 e. The summed E-state index contributed by atoms with van der Waals surface area (Å²) >= 11 is 0. The molecule has 0 fully saturated rings. The van der Waals surface area contributed by atoms with Gasteiger partial charge in [-0.3, -0.25) is 4.79 Å². The van der Waals surface area contributed by atoms with E-state index in [0.717, 1.165) is 6.42 Å². The molecule has 0 aromatic rings. The number of carbonyl (C=O) groups excluding carboxylic acids is 1. The Morgan fingerprint density at radius 3 is 2.06 bits per heavy atom. The van der Waals surface area contributed by atoms with Crippen LogP contribution in [-0.2, 0) is 4.79 Å². The van der Waals surface area contributed by atoms with Gasteiger partial charge in [0.2, 0.25) is 5.91 Å². The fourth-order valence-electron chi connectivity index (χ4n) is 2.18. The minimum Gasteiger partial charge on any atom is -0.369 e. The Balaban J connectivity index is 3.94. The van der Waals surface area contributed by atoms with Crippen molar-refractivity contribution in [1.82, 2.24) is 0 Å². The van der Waals surface area contributed by atoms with Gasteiger partial charge in [-0.2, -0.15) is 0 Å². The van der Waals surface area contributed by atoms with Gasteiger partial charge in [-0.1, -0.05) is 59.3 Å². The lowest BCUT2D eigenvalue weighted by Crippen LogP contribution is -2.27. The Labute approximate surface area is 101 Å². The van der Waals surface area contributed by atoms with E-state index in [2.05, 4.69) is 13.8 Å². The van der Waals surface area contributed by atoms with Crippen LogP contribution in [0.2, 0.25) is 0 Å². The molecule has 2 N–H and O–H groups in total. The molecule has 0 saturated heterocycles. The Morgan fingerprint density at radius 2 is 1.56 bits per heavy atom. The number of hydrogen-bond acceptors (Lipinski definition) is 1. The third kappa shape index (κ3) is 6.86. The Morgan fingerprint density at radius 1 is 1.00 bits per heavy atom. The molecule has 2 unspecified atom stereocenters. The molecule has 2 atom stereocenters. The monoisotopic (exact) mass is 227 g/mol. The first kappa shape index (κ1) is 15.5. The van der Waals surface area contributed by atoms with Crippen molar-refractivity contribution in [1.29, 1.82) is 0 Å². The van der Waals surface area contributed by atoms with Crippen molar-refractivity contribution >= 4 is 5.91 Å². The first-order chi connectivity index (χ1) is 7.63. The molecule has 0 bridgehead atoms. The molecular weight excluding hydrogens is 198 g/mol. The van der Waals surface area contributed by atoms with Crippen LogP contribution in [0.25, 0.3) is 0 Å². The molecule has 0 aliphatic heterocycles. The van der Waals surface area contributed by atoms with E-state index in [1.54, 1.807) is 0 Å². The van der Waals surface area contributed by atoms with Crippen LogP contribution in [0.1, 0.15) is 72.1 Å². The van der Waals surface area contributed by atoms with Crippen molar-refractivity contribution in [2.75, 3.05) is 0 Å². The topological polar surface area (TPSA) is 43.1 Å². The average Bonchev–Trinajstić information content (AvgIpc) is 2.27. The lowest BCUT2D eigenvalue weighted by atomic mass is 9.84. The highest BCUT2D eigenvalue weighted by atomic mass is 16.1. The zero-order chi connectivity index (χ0) is 12.4. The van der Waals surface area contributed by atoms with Gasteiger partial charge in [-0.05, 0) is 18.8 Å². The summed E-state index contributed by atoms with van der Waals surface area (Å²) in [5, 5.41) is 0. The summed E-state index contributed by atoms with van der Waals surface area (Å²) in [4.78, 5) is 11.2. The highest BCUT2D eigenvalue weighted by Gasteiger charge is 2.20. The van der Waals surface area contributed by atoms with E-state index in [1.165, 1.54) is 44.9 Å². The summed E-state index contributed by atoms with van der Waals surface area (Å²) in [6.07, 6.45) is 9.88. The summed E-state index contributed by atoms with van der Waals surface area (Å²) in [7, 11) is 0. The van der Waals surface area contributed by atoms with Crippen molar-refractivity contribution < 1.29 is 4.79 Å². The van der Waals surface area contributed by atoms with Crippen LogP contribution < -0.4 is 5.73 Å². The minimum absolute atomic E-state index is 0.0492. The van der Waals surface area contributed by atoms with Crippen molar-refractivity contribution in [3.05, 3.63) is 0 Å². The second kappa shape index (κ2) is 9.68. The van der Waals surface area contributed by atoms with Gasteiger partial charge in [0.25, 0.3) is 0 Å². The number of rotatable bonds is 10. The maximum atomic E-state index is 11.2. The van der Waals surface area contributed by atoms with Crippen molar-refractivity contribution in [3.63, 3.8) is 0 Å². The van der Waals surface area contributed by atoms with Crippen LogP contribution in [0.4, 0.5) is 0 Å². The standard InChI is InChI=1S/C14H29NO/c1-4-6-8-9-11-13(10-7-5-2)12(3)14(15)16/h12-13H,4-11H2,1-3H3,(H2,15,16). The molecule has 0 rings (SSSR count). The van der Waals surface area contributed by atoms with Crippen LogP contribution >= 0.6 is 0 Å². The second-order valence-electron chi connectivity index (χ2n) is 4.94. The van der Waals surface area contributed by atoms with E-state index in [-0.39, 0.29) is 11.8 Å². The third-order valence-electron chi connectivity index (χ3n) is 3.51. The molecule has 0 saturated carbocycles. The van der Waals surface area contributed by atoms with Gasteiger partial charge in [-0.25, -0.2) is 0 Å². The molecule has 0 aromatic heterocycles. The summed E-state index contributed by atoms with van der Waals surface area (Å²) < 4.78 is 0. The second-order valence-corrected chi connectivity index (χ2v) is 4.94. The molecule has 0 heterocycles. The van der Waals surface area contributed by atoms with E-state index < -0.39 is 0 Å². The van der Waals surface area contributed by atoms with Crippen LogP contribution in [0.5, 0.6) is 0 Å². The molecule has 0 aromatic carbocycles. The summed E-state index contributed by atoms with van der Waals surface area (Å²) in [5.41, 5.74) is 5.40. The molecule has 0 aliphatic carbocycles. The van der Waals surface area contributed by atoms with Gasteiger partial charge in [0, 0.05) is 5.92 Å². The average molecular weight is 227 g/mol. The number of amides is 1. The van der Waals surface area contributed by atoms with Crippen molar-refractivity contribution in [3.8, 4) is 0 Å². The fourth-order valence-corrected chi connectivity index (χ4v) is 2.18. The summed E-state index contributed by atoms with van der Waals surface area (Å²) in [6.45, 7) is 6.41. The van der Waals surface area contributed by atoms with E-state index >= 15 is 0 Å². The van der Waals surface area contributed by atoms with Gasteiger partial charge in [-0.15, -0.1) is 0 Å². The highest BCUT2D eigenvalue weighted by Crippen LogP contribution is 2.24. The summed E-state index contributed by atoms with van der Waals surface area (Å²) in [6, 6.07) is 0. The molecule has 0 spiro atoms. The van der Waals surface area contributed by atoms with Gasteiger partial charge >= 0.3 is 0 Å². The van der Waals surface area contributed by atoms with E-state index in [1.807, 2.05) is 6.92 Å². The quantitative estimate of drug-likeness (QED) is 0.565. The SMILES string of the molecule is CCCCCCC(CCCC)C(C)C(N)=O. The largest absolute Gasteiger partial charge is 0.369 e. The van der Waals surface area contributed by atoms with Gasteiger partial charge in [0.15, 0.2) is 0 Å².